The van der Waals surface area contributed by atoms with Gasteiger partial charge in [-0.3, -0.25) is 4.79 Å². The quantitative estimate of drug-likeness (QED) is 0.782. The van der Waals surface area contributed by atoms with E-state index in [0.29, 0.717) is 5.69 Å². The van der Waals surface area contributed by atoms with Crippen LogP contribution in [-0.2, 0) is 14.8 Å². The van der Waals surface area contributed by atoms with E-state index in [1.165, 1.54) is 30.0 Å². The fourth-order valence-corrected chi connectivity index (χ4v) is 4.15. The highest BCUT2D eigenvalue weighted by Gasteiger charge is 2.21. The Kier molecular flexibility index (Phi) is 6.01. The molecule has 0 spiro atoms. The molecule has 1 fully saturated rings. The highest BCUT2D eigenvalue weighted by Crippen LogP contribution is 2.22. The molecule has 1 aromatic rings. The Bertz CT molecular complexity index is 700. The molecule has 0 bridgehead atoms. The van der Waals surface area contributed by atoms with Crippen molar-refractivity contribution in [3.05, 3.63) is 24.3 Å². The summed E-state index contributed by atoms with van der Waals surface area (Å²) in [6.45, 7) is 3.65. The van der Waals surface area contributed by atoms with Crippen molar-refractivity contribution in [3.63, 3.8) is 0 Å². The fourth-order valence-electron chi connectivity index (χ4n) is 2.17. The number of hydrogen-bond acceptors (Lipinski definition) is 5. The number of carbonyl (C=O) groups is 1. The number of carbonyl (C=O) groups excluding carboxylic acids is 1. The lowest BCUT2D eigenvalue weighted by Gasteiger charge is -2.20. The zero-order valence-corrected chi connectivity index (χ0v) is 15.1. The highest BCUT2D eigenvalue weighted by molar-refractivity contribution is 8.23. The molecule has 3 N–H and O–H groups in total. The topological polar surface area (TPSA) is 92.5 Å². The Hall–Kier alpha value is -1.16. The van der Waals surface area contributed by atoms with Gasteiger partial charge in [0.1, 0.15) is 4.32 Å². The highest BCUT2D eigenvalue weighted by atomic mass is 32.2. The van der Waals surface area contributed by atoms with Crippen molar-refractivity contribution >= 4 is 49.9 Å². The first-order valence-electron chi connectivity index (χ1n) is 7.16. The number of amides is 1. The molecular formula is C14H19N3O3S3. The van der Waals surface area contributed by atoms with Gasteiger partial charge in [-0.05, 0) is 38.0 Å². The third-order valence-corrected chi connectivity index (χ3v) is 5.93. The second kappa shape index (κ2) is 7.61. The van der Waals surface area contributed by atoms with Crippen LogP contribution >= 0.6 is 24.0 Å². The van der Waals surface area contributed by atoms with E-state index < -0.39 is 10.0 Å². The maximum absolute atomic E-state index is 12.2. The molecule has 1 atom stereocenters. The molecule has 0 radical (unpaired) electrons. The van der Waals surface area contributed by atoms with Crippen molar-refractivity contribution in [2.75, 3.05) is 18.4 Å². The van der Waals surface area contributed by atoms with Crippen molar-refractivity contribution in [3.8, 4) is 0 Å². The number of anilines is 1. The zero-order chi connectivity index (χ0) is 17.0. The first kappa shape index (κ1) is 18.2. The number of nitrogens with zero attached hydrogens (tertiary/aromatic N) is 1. The Morgan fingerprint density at radius 3 is 2.65 bits per heavy atom. The van der Waals surface area contributed by atoms with Crippen LogP contribution in [0.1, 0.15) is 19.8 Å². The summed E-state index contributed by atoms with van der Waals surface area (Å²) < 4.78 is 23.4. The summed E-state index contributed by atoms with van der Waals surface area (Å²) in [5.74, 6) is -0.233. The summed E-state index contributed by atoms with van der Waals surface area (Å²) in [6.07, 6.45) is 2.25. The lowest BCUT2D eigenvalue weighted by molar-refractivity contribution is -0.115. The average Bonchev–Trinajstić information content (AvgIpc) is 3.00. The Labute approximate surface area is 145 Å². The van der Waals surface area contributed by atoms with Crippen LogP contribution in [0.3, 0.4) is 0 Å². The number of sulfonamides is 1. The minimum absolute atomic E-state index is 0.0387. The van der Waals surface area contributed by atoms with Crippen LogP contribution in [0.15, 0.2) is 29.2 Å². The maximum Gasteiger partial charge on any atom is 0.238 e. The first-order valence-corrected chi connectivity index (χ1v) is 10.00. The molecule has 1 unspecified atom stereocenters. The zero-order valence-electron chi connectivity index (χ0n) is 12.7. The largest absolute Gasteiger partial charge is 0.358 e. The third kappa shape index (κ3) is 5.17. The van der Waals surface area contributed by atoms with E-state index in [9.17, 15) is 13.2 Å². The van der Waals surface area contributed by atoms with Gasteiger partial charge in [0, 0.05) is 18.8 Å². The van der Waals surface area contributed by atoms with Gasteiger partial charge in [-0.25, -0.2) is 13.6 Å². The van der Waals surface area contributed by atoms with Gasteiger partial charge in [0.05, 0.1) is 10.1 Å². The lowest BCUT2D eigenvalue weighted by atomic mass is 10.3. The van der Waals surface area contributed by atoms with Crippen LogP contribution in [0.2, 0.25) is 0 Å². The SMILES string of the molecule is CC(SC(=S)N1CCCC1)C(=O)Nc1cccc(S(N)(=O)=O)c1. The van der Waals surface area contributed by atoms with Gasteiger partial charge in [0.2, 0.25) is 15.9 Å². The number of rotatable bonds is 4. The molecule has 2 rings (SSSR count). The summed E-state index contributed by atoms with van der Waals surface area (Å²) >= 11 is 6.69. The minimum atomic E-state index is -3.80. The number of hydrogen-bond donors (Lipinski definition) is 2. The van der Waals surface area contributed by atoms with E-state index in [1.54, 1.807) is 13.0 Å². The lowest BCUT2D eigenvalue weighted by Crippen LogP contribution is -2.29. The van der Waals surface area contributed by atoms with Crippen molar-refractivity contribution in [1.82, 2.24) is 4.90 Å². The normalized spacial score (nSPS) is 16.2. The molecule has 0 aromatic heterocycles. The third-order valence-electron chi connectivity index (χ3n) is 3.44. The van der Waals surface area contributed by atoms with Crippen LogP contribution in [-0.4, -0.2) is 41.9 Å². The van der Waals surface area contributed by atoms with Crippen LogP contribution in [0.25, 0.3) is 0 Å². The van der Waals surface area contributed by atoms with E-state index in [2.05, 4.69) is 10.2 Å². The van der Waals surface area contributed by atoms with Crippen LogP contribution in [0, 0.1) is 0 Å². The number of primary sulfonamides is 1. The summed E-state index contributed by atoms with van der Waals surface area (Å²) in [5.41, 5.74) is 0.390. The van der Waals surface area contributed by atoms with Crippen LogP contribution < -0.4 is 10.5 Å². The molecule has 23 heavy (non-hydrogen) atoms. The number of benzene rings is 1. The molecule has 1 aromatic carbocycles. The van der Waals surface area contributed by atoms with E-state index in [4.69, 9.17) is 17.4 Å². The smallest absolute Gasteiger partial charge is 0.238 e. The number of nitrogens with two attached hydrogens (primary N) is 1. The molecule has 1 saturated heterocycles. The molecule has 126 valence electrons. The Morgan fingerprint density at radius 2 is 2.04 bits per heavy atom. The summed E-state index contributed by atoms with van der Waals surface area (Å²) in [6, 6.07) is 5.86. The van der Waals surface area contributed by atoms with Crippen molar-refractivity contribution in [1.29, 1.82) is 0 Å². The number of nitrogens with one attached hydrogen (secondary N) is 1. The molecule has 1 aliphatic heterocycles. The number of thioether (sulfide) groups is 1. The molecule has 0 aliphatic carbocycles. The van der Waals surface area contributed by atoms with Crippen molar-refractivity contribution < 1.29 is 13.2 Å². The van der Waals surface area contributed by atoms with Gasteiger partial charge in [-0.1, -0.05) is 30.0 Å². The maximum atomic E-state index is 12.2. The first-order chi connectivity index (χ1) is 10.8. The van der Waals surface area contributed by atoms with E-state index in [-0.39, 0.29) is 16.1 Å². The minimum Gasteiger partial charge on any atom is -0.358 e. The van der Waals surface area contributed by atoms with Gasteiger partial charge in [-0.2, -0.15) is 0 Å². The number of thiocarbonyl (C=S) groups is 1. The molecule has 1 amide bonds. The van der Waals surface area contributed by atoms with Gasteiger partial charge >= 0.3 is 0 Å². The van der Waals surface area contributed by atoms with E-state index in [1.807, 2.05) is 0 Å². The molecule has 1 aliphatic rings. The monoisotopic (exact) mass is 373 g/mol. The fraction of sp³-hybridized carbons (Fsp3) is 0.429. The Morgan fingerprint density at radius 1 is 1.39 bits per heavy atom. The molecular weight excluding hydrogens is 354 g/mol. The van der Waals surface area contributed by atoms with E-state index >= 15 is 0 Å². The predicted octanol–water partition coefficient (Wildman–Crippen LogP) is 1.77. The average molecular weight is 374 g/mol. The van der Waals surface area contributed by atoms with Gasteiger partial charge in [-0.15, -0.1) is 0 Å². The second-order valence-corrected chi connectivity index (χ2v) is 8.82. The molecule has 1 heterocycles. The van der Waals surface area contributed by atoms with Gasteiger partial charge in [0.25, 0.3) is 0 Å². The standard InChI is InChI=1S/C14H19N3O3S3/c1-10(22-14(21)17-7-2-3-8-17)13(18)16-11-5-4-6-12(9-11)23(15,19)20/h4-6,9-10H,2-3,7-8H2,1H3,(H,16,18)(H2,15,19,20). The van der Waals surface area contributed by atoms with Crippen LogP contribution in [0.5, 0.6) is 0 Å². The predicted molar refractivity (Wildman–Crippen MR) is 96.9 cm³/mol. The number of likely N-dealkylation sites (tertiary alicyclic amines) is 1. The Balaban J connectivity index is 1.97. The van der Waals surface area contributed by atoms with Gasteiger partial charge < -0.3 is 10.2 Å². The second-order valence-electron chi connectivity index (χ2n) is 5.28. The summed E-state index contributed by atoms with van der Waals surface area (Å²) in [5, 5.41) is 7.40. The summed E-state index contributed by atoms with van der Waals surface area (Å²) in [4.78, 5) is 14.3. The van der Waals surface area contributed by atoms with Crippen molar-refractivity contribution in [2.24, 2.45) is 5.14 Å². The van der Waals surface area contributed by atoms with E-state index in [0.717, 1.165) is 30.3 Å². The van der Waals surface area contributed by atoms with Gasteiger partial charge in [0.15, 0.2) is 0 Å². The molecule has 9 heteroatoms. The molecule has 6 nitrogen and oxygen atoms in total. The molecule has 0 saturated carbocycles. The van der Waals surface area contributed by atoms with Crippen molar-refractivity contribution in [2.45, 2.75) is 29.9 Å². The van der Waals surface area contributed by atoms with Crippen LogP contribution in [0.4, 0.5) is 5.69 Å². The summed E-state index contributed by atoms with van der Waals surface area (Å²) in [7, 11) is -3.80.